The molecule has 3 nitrogen and oxygen atoms in total. The summed E-state index contributed by atoms with van der Waals surface area (Å²) in [6.45, 7) is 0. The highest BCUT2D eigenvalue weighted by Gasteiger charge is 2.05. The Kier molecular flexibility index (Phi) is 3.97. The number of aryl methyl sites for hydroxylation is 1. The van der Waals surface area contributed by atoms with Gasteiger partial charge in [0.1, 0.15) is 0 Å². The Bertz CT molecular complexity index is 364. The molecule has 4 heteroatoms. The zero-order valence-corrected chi connectivity index (χ0v) is 9.58. The Labute approximate surface area is 94.3 Å². The highest BCUT2D eigenvalue weighted by molar-refractivity contribution is 6.33. The first kappa shape index (κ1) is 11.9. The third-order valence-electron chi connectivity index (χ3n) is 2.12. The standard InChI is InChI=1S/C11H14ClNO2/c1-13(2)10-7-8(3-5-9(10)12)4-6-11(14)15/h3,5,7H,4,6H2,1-2H3,(H,14,15). The predicted molar refractivity (Wildman–Crippen MR) is 61.7 cm³/mol. The number of carboxylic acids is 1. The van der Waals surface area contributed by atoms with Crippen LogP contribution in [0.5, 0.6) is 0 Å². The number of hydrogen-bond donors (Lipinski definition) is 1. The number of anilines is 1. The minimum atomic E-state index is -0.781. The molecule has 0 aliphatic carbocycles. The number of halogens is 1. The Hall–Kier alpha value is -1.22. The molecule has 82 valence electrons. The maximum atomic E-state index is 10.4. The third-order valence-corrected chi connectivity index (χ3v) is 2.44. The molecule has 0 aliphatic heterocycles. The minimum Gasteiger partial charge on any atom is -0.481 e. The lowest BCUT2D eigenvalue weighted by molar-refractivity contribution is -0.136. The van der Waals surface area contributed by atoms with Gasteiger partial charge < -0.3 is 10.0 Å². The van der Waals surface area contributed by atoms with Gasteiger partial charge in [0.25, 0.3) is 0 Å². The summed E-state index contributed by atoms with van der Waals surface area (Å²) >= 11 is 6.00. The van der Waals surface area contributed by atoms with Gasteiger partial charge >= 0.3 is 5.97 Å². The molecule has 0 spiro atoms. The van der Waals surface area contributed by atoms with Crippen molar-refractivity contribution in [3.8, 4) is 0 Å². The summed E-state index contributed by atoms with van der Waals surface area (Å²) in [5.74, 6) is -0.781. The van der Waals surface area contributed by atoms with Crippen LogP contribution in [0.3, 0.4) is 0 Å². The lowest BCUT2D eigenvalue weighted by Crippen LogP contribution is -2.09. The van der Waals surface area contributed by atoms with E-state index in [0.717, 1.165) is 11.3 Å². The topological polar surface area (TPSA) is 40.5 Å². The number of carboxylic acid groups (broad SMARTS) is 1. The van der Waals surface area contributed by atoms with Gasteiger partial charge in [-0.15, -0.1) is 0 Å². The van der Waals surface area contributed by atoms with Crippen LogP contribution in [0.25, 0.3) is 0 Å². The maximum absolute atomic E-state index is 10.4. The Morgan fingerprint density at radius 1 is 1.47 bits per heavy atom. The van der Waals surface area contributed by atoms with E-state index in [9.17, 15) is 4.79 Å². The second-order valence-corrected chi connectivity index (χ2v) is 3.98. The summed E-state index contributed by atoms with van der Waals surface area (Å²) in [5, 5.41) is 9.25. The van der Waals surface area contributed by atoms with Gasteiger partial charge in [0, 0.05) is 20.5 Å². The summed E-state index contributed by atoms with van der Waals surface area (Å²) in [6, 6.07) is 5.58. The number of benzene rings is 1. The largest absolute Gasteiger partial charge is 0.481 e. The molecule has 0 aromatic heterocycles. The molecular weight excluding hydrogens is 214 g/mol. The number of aliphatic carboxylic acids is 1. The molecule has 1 N–H and O–H groups in total. The quantitative estimate of drug-likeness (QED) is 0.859. The highest BCUT2D eigenvalue weighted by atomic mass is 35.5. The summed E-state index contributed by atoms with van der Waals surface area (Å²) in [4.78, 5) is 12.3. The van der Waals surface area contributed by atoms with Gasteiger partial charge in [-0.3, -0.25) is 4.79 Å². The summed E-state index contributed by atoms with van der Waals surface area (Å²) in [5.41, 5.74) is 1.91. The van der Waals surface area contributed by atoms with Crippen LogP contribution in [0, 0.1) is 0 Å². The van der Waals surface area contributed by atoms with E-state index in [1.165, 1.54) is 0 Å². The number of hydrogen-bond acceptors (Lipinski definition) is 2. The van der Waals surface area contributed by atoms with Gasteiger partial charge in [-0.25, -0.2) is 0 Å². The number of carbonyl (C=O) groups is 1. The molecule has 0 saturated heterocycles. The maximum Gasteiger partial charge on any atom is 0.303 e. The average Bonchev–Trinajstić information content (AvgIpc) is 2.16. The fraction of sp³-hybridized carbons (Fsp3) is 0.364. The van der Waals surface area contributed by atoms with Crippen molar-refractivity contribution in [3.63, 3.8) is 0 Å². The number of nitrogens with zero attached hydrogens (tertiary/aromatic N) is 1. The van der Waals surface area contributed by atoms with Crippen LogP contribution in [0.2, 0.25) is 5.02 Å². The molecule has 1 aromatic rings. The summed E-state index contributed by atoms with van der Waals surface area (Å²) in [7, 11) is 3.81. The lowest BCUT2D eigenvalue weighted by Gasteiger charge is -2.15. The van der Waals surface area contributed by atoms with Crippen molar-refractivity contribution in [1.82, 2.24) is 0 Å². The molecule has 1 aromatic carbocycles. The van der Waals surface area contributed by atoms with Gasteiger partial charge in [0.2, 0.25) is 0 Å². The molecule has 0 fully saturated rings. The fourth-order valence-corrected chi connectivity index (χ4v) is 1.59. The van der Waals surface area contributed by atoms with E-state index < -0.39 is 5.97 Å². The first-order valence-corrected chi connectivity index (χ1v) is 5.06. The molecule has 0 radical (unpaired) electrons. The van der Waals surface area contributed by atoms with Crippen LogP contribution < -0.4 is 4.90 Å². The van der Waals surface area contributed by atoms with E-state index in [1.54, 1.807) is 6.07 Å². The summed E-state index contributed by atoms with van der Waals surface area (Å²) in [6.07, 6.45) is 0.682. The molecule has 0 aliphatic rings. The molecule has 15 heavy (non-hydrogen) atoms. The SMILES string of the molecule is CN(C)c1cc(CCC(=O)O)ccc1Cl. The predicted octanol–water partition coefficient (Wildman–Crippen LogP) is 2.42. The zero-order chi connectivity index (χ0) is 11.4. The second-order valence-electron chi connectivity index (χ2n) is 3.57. The van der Waals surface area contributed by atoms with Gasteiger partial charge in [0.15, 0.2) is 0 Å². The Morgan fingerprint density at radius 3 is 2.67 bits per heavy atom. The van der Waals surface area contributed by atoms with Crippen LogP contribution in [0.1, 0.15) is 12.0 Å². The van der Waals surface area contributed by atoms with E-state index in [4.69, 9.17) is 16.7 Å². The third kappa shape index (κ3) is 3.44. The summed E-state index contributed by atoms with van der Waals surface area (Å²) < 4.78 is 0. The monoisotopic (exact) mass is 227 g/mol. The van der Waals surface area contributed by atoms with E-state index in [2.05, 4.69) is 0 Å². The van der Waals surface area contributed by atoms with Crippen molar-refractivity contribution in [2.24, 2.45) is 0 Å². The molecule has 0 heterocycles. The van der Waals surface area contributed by atoms with Crippen LogP contribution in [0.15, 0.2) is 18.2 Å². The van der Waals surface area contributed by atoms with E-state index >= 15 is 0 Å². The Balaban J connectivity index is 2.83. The molecule has 0 amide bonds. The molecule has 1 rings (SSSR count). The van der Waals surface area contributed by atoms with Crippen LogP contribution in [-0.2, 0) is 11.2 Å². The van der Waals surface area contributed by atoms with E-state index in [0.29, 0.717) is 11.4 Å². The van der Waals surface area contributed by atoms with Gasteiger partial charge in [-0.2, -0.15) is 0 Å². The minimum absolute atomic E-state index is 0.147. The van der Waals surface area contributed by atoms with E-state index in [1.807, 2.05) is 31.1 Å². The number of rotatable bonds is 4. The Morgan fingerprint density at radius 2 is 2.13 bits per heavy atom. The fourth-order valence-electron chi connectivity index (χ4n) is 1.31. The van der Waals surface area contributed by atoms with Crippen molar-refractivity contribution >= 4 is 23.3 Å². The lowest BCUT2D eigenvalue weighted by atomic mass is 10.1. The first-order chi connectivity index (χ1) is 7.00. The van der Waals surface area contributed by atoms with Gasteiger partial charge in [-0.1, -0.05) is 17.7 Å². The van der Waals surface area contributed by atoms with Crippen molar-refractivity contribution < 1.29 is 9.90 Å². The molecule has 0 unspecified atom stereocenters. The molecule has 0 saturated carbocycles. The molecular formula is C11H14ClNO2. The van der Waals surface area contributed by atoms with Crippen LogP contribution >= 0.6 is 11.6 Å². The van der Waals surface area contributed by atoms with Crippen LogP contribution in [-0.4, -0.2) is 25.2 Å². The molecule has 0 bridgehead atoms. The molecule has 0 atom stereocenters. The van der Waals surface area contributed by atoms with Crippen molar-refractivity contribution in [2.75, 3.05) is 19.0 Å². The first-order valence-electron chi connectivity index (χ1n) is 4.68. The van der Waals surface area contributed by atoms with Crippen LogP contribution in [0.4, 0.5) is 5.69 Å². The second kappa shape index (κ2) is 5.03. The smallest absolute Gasteiger partial charge is 0.303 e. The van der Waals surface area contributed by atoms with Gasteiger partial charge in [-0.05, 0) is 24.1 Å². The highest BCUT2D eigenvalue weighted by Crippen LogP contribution is 2.25. The average molecular weight is 228 g/mol. The zero-order valence-electron chi connectivity index (χ0n) is 8.83. The van der Waals surface area contributed by atoms with E-state index in [-0.39, 0.29) is 6.42 Å². The van der Waals surface area contributed by atoms with Crippen molar-refractivity contribution in [2.45, 2.75) is 12.8 Å². The van der Waals surface area contributed by atoms with Crippen molar-refractivity contribution in [1.29, 1.82) is 0 Å². The van der Waals surface area contributed by atoms with Gasteiger partial charge in [0.05, 0.1) is 10.7 Å². The normalized spacial score (nSPS) is 10.1. The van der Waals surface area contributed by atoms with Crippen molar-refractivity contribution in [3.05, 3.63) is 28.8 Å².